The molecule has 1 aromatic heterocycles. The van der Waals surface area contributed by atoms with Gasteiger partial charge in [-0.15, -0.1) is 11.3 Å². The first-order valence-corrected chi connectivity index (χ1v) is 8.65. The Morgan fingerprint density at radius 3 is 2.60 bits per heavy atom. The van der Waals surface area contributed by atoms with Crippen LogP contribution in [0.4, 0.5) is 0 Å². The summed E-state index contributed by atoms with van der Waals surface area (Å²) in [7, 11) is -3.93. The van der Waals surface area contributed by atoms with Gasteiger partial charge in [0, 0.05) is 6.54 Å². The molecule has 2 rings (SSSR count). The van der Waals surface area contributed by atoms with Crippen LogP contribution in [0.2, 0.25) is 0 Å². The molecule has 1 heterocycles. The van der Waals surface area contributed by atoms with Gasteiger partial charge in [-0.05, 0) is 30.7 Å². The molecule has 0 atom stereocenters. The van der Waals surface area contributed by atoms with Gasteiger partial charge in [-0.25, -0.2) is 17.9 Å². The van der Waals surface area contributed by atoms with Crippen LogP contribution in [0.5, 0.6) is 0 Å². The van der Waals surface area contributed by atoms with Gasteiger partial charge in [-0.1, -0.05) is 12.8 Å². The highest BCUT2D eigenvalue weighted by Crippen LogP contribution is 2.30. The van der Waals surface area contributed by atoms with Crippen LogP contribution in [-0.2, 0) is 10.0 Å². The number of aryl methyl sites for hydroxylation is 1. The van der Waals surface area contributed by atoms with E-state index in [2.05, 4.69) is 4.72 Å². The van der Waals surface area contributed by atoms with Gasteiger partial charge in [0.15, 0.2) is 0 Å². The maximum atomic E-state index is 12.3. The SMILES string of the molecule is Cc1csc(C(=O)O)c1S(=O)(=O)NCC1(O)CCCC1. The lowest BCUT2D eigenvalue weighted by Crippen LogP contribution is -2.41. The number of carboxylic acid groups (broad SMARTS) is 1. The van der Waals surface area contributed by atoms with Gasteiger partial charge < -0.3 is 10.2 Å². The van der Waals surface area contributed by atoms with Crippen molar-refractivity contribution in [3.05, 3.63) is 15.8 Å². The Bertz CT molecular complexity index is 614. The third-order valence-electron chi connectivity index (χ3n) is 3.51. The van der Waals surface area contributed by atoms with Gasteiger partial charge in [0.05, 0.1) is 5.60 Å². The molecule has 0 unspecified atom stereocenters. The number of rotatable bonds is 5. The summed E-state index contributed by atoms with van der Waals surface area (Å²) >= 11 is 0.887. The number of nitrogens with one attached hydrogen (secondary N) is 1. The smallest absolute Gasteiger partial charge is 0.347 e. The minimum atomic E-state index is -3.93. The molecule has 3 N–H and O–H groups in total. The van der Waals surface area contributed by atoms with Crippen LogP contribution in [0.25, 0.3) is 0 Å². The molecular formula is C12H17NO5S2. The Labute approximate surface area is 121 Å². The number of sulfonamides is 1. The summed E-state index contributed by atoms with van der Waals surface area (Å²) in [5.74, 6) is -1.26. The van der Waals surface area contributed by atoms with Crippen molar-refractivity contribution in [1.82, 2.24) is 4.72 Å². The van der Waals surface area contributed by atoms with Crippen molar-refractivity contribution in [2.75, 3.05) is 6.54 Å². The van der Waals surface area contributed by atoms with Gasteiger partial charge in [0.1, 0.15) is 9.77 Å². The third-order valence-corrected chi connectivity index (χ3v) is 6.31. The number of hydrogen-bond acceptors (Lipinski definition) is 5. The number of hydrogen-bond donors (Lipinski definition) is 3. The molecule has 0 saturated heterocycles. The monoisotopic (exact) mass is 319 g/mol. The van der Waals surface area contributed by atoms with Crippen molar-refractivity contribution < 1.29 is 23.4 Å². The standard InChI is InChI=1S/C12H17NO5S2/c1-8-6-19-9(11(14)15)10(8)20(17,18)13-7-12(16)4-2-3-5-12/h6,13,16H,2-5,7H2,1H3,(H,14,15). The maximum Gasteiger partial charge on any atom is 0.347 e. The molecule has 112 valence electrons. The molecule has 0 spiro atoms. The van der Waals surface area contributed by atoms with E-state index in [0.717, 1.165) is 24.2 Å². The molecule has 0 radical (unpaired) electrons. The van der Waals surface area contributed by atoms with Gasteiger partial charge in [-0.2, -0.15) is 0 Å². The molecule has 1 aliphatic rings. The highest BCUT2D eigenvalue weighted by molar-refractivity contribution is 7.89. The maximum absolute atomic E-state index is 12.3. The largest absolute Gasteiger partial charge is 0.477 e. The number of thiophene rings is 1. The molecule has 0 aromatic carbocycles. The van der Waals surface area contributed by atoms with Crippen LogP contribution < -0.4 is 4.72 Å². The van der Waals surface area contributed by atoms with E-state index in [9.17, 15) is 18.3 Å². The van der Waals surface area contributed by atoms with Gasteiger partial charge in [0.25, 0.3) is 0 Å². The number of aliphatic hydroxyl groups is 1. The molecule has 0 bridgehead atoms. The molecule has 1 fully saturated rings. The van der Waals surface area contributed by atoms with Gasteiger partial charge in [0.2, 0.25) is 10.0 Å². The van der Waals surface area contributed by atoms with Crippen LogP contribution in [0.3, 0.4) is 0 Å². The summed E-state index contributed by atoms with van der Waals surface area (Å²) in [4.78, 5) is 10.7. The second kappa shape index (κ2) is 5.44. The van der Waals surface area contributed by atoms with Crippen LogP contribution >= 0.6 is 11.3 Å². The van der Waals surface area contributed by atoms with Crippen molar-refractivity contribution in [1.29, 1.82) is 0 Å². The van der Waals surface area contributed by atoms with Crippen molar-refractivity contribution in [2.45, 2.75) is 43.1 Å². The highest BCUT2D eigenvalue weighted by Gasteiger charge is 2.34. The Kier molecular flexibility index (Phi) is 4.19. The van der Waals surface area contributed by atoms with E-state index in [1.807, 2.05) is 0 Å². The minimum absolute atomic E-state index is 0.0797. The Morgan fingerprint density at radius 1 is 1.45 bits per heavy atom. The zero-order valence-corrected chi connectivity index (χ0v) is 12.7. The number of carboxylic acids is 1. The summed E-state index contributed by atoms with van der Waals surface area (Å²) in [6, 6.07) is 0. The molecule has 6 nitrogen and oxygen atoms in total. The Balaban J connectivity index is 2.22. The van der Waals surface area contributed by atoms with Crippen molar-refractivity contribution in [3.8, 4) is 0 Å². The molecule has 1 aromatic rings. The first-order chi connectivity index (χ1) is 9.25. The molecule has 0 amide bonds. The second-order valence-electron chi connectivity index (χ2n) is 5.14. The predicted octanol–water partition coefficient (Wildman–Crippen LogP) is 1.34. The quantitative estimate of drug-likeness (QED) is 0.760. The van der Waals surface area contributed by atoms with E-state index in [0.29, 0.717) is 18.4 Å². The summed E-state index contributed by atoms with van der Waals surface area (Å²) in [6.07, 6.45) is 2.86. The average molecular weight is 319 g/mol. The second-order valence-corrected chi connectivity index (χ2v) is 7.72. The van der Waals surface area contributed by atoms with Crippen molar-refractivity contribution in [2.24, 2.45) is 0 Å². The van der Waals surface area contributed by atoms with Crippen LogP contribution in [-0.4, -0.2) is 36.7 Å². The fourth-order valence-electron chi connectivity index (χ4n) is 2.43. The summed E-state index contributed by atoms with van der Waals surface area (Å²) in [5, 5.41) is 20.7. The topological polar surface area (TPSA) is 104 Å². The lowest BCUT2D eigenvalue weighted by Gasteiger charge is -2.22. The minimum Gasteiger partial charge on any atom is -0.477 e. The zero-order chi connectivity index (χ0) is 15.0. The van der Waals surface area contributed by atoms with E-state index in [1.165, 1.54) is 5.38 Å². The van der Waals surface area contributed by atoms with Crippen molar-refractivity contribution >= 4 is 27.3 Å². The molecule has 1 saturated carbocycles. The van der Waals surface area contributed by atoms with E-state index in [4.69, 9.17) is 5.11 Å². The molecule has 8 heteroatoms. The Hall–Kier alpha value is -0.960. The van der Waals surface area contributed by atoms with Gasteiger partial charge in [-0.3, -0.25) is 0 Å². The normalized spacial score (nSPS) is 18.3. The zero-order valence-electron chi connectivity index (χ0n) is 11.0. The van der Waals surface area contributed by atoms with Crippen LogP contribution in [0.1, 0.15) is 40.9 Å². The molecule has 0 aliphatic heterocycles. The highest BCUT2D eigenvalue weighted by atomic mass is 32.2. The van der Waals surface area contributed by atoms with Crippen molar-refractivity contribution in [3.63, 3.8) is 0 Å². The lowest BCUT2D eigenvalue weighted by molar-refractivity contribution is 0.0532. The number of carbonyl (C=O) groups is 1. The first-order valence-electron chi connectivity index (χ1n) is 6.29. The average Bonchev–Trinajstić information content (AvgIpc) is 2.94. The third kappa shape index (κ3) is 3.03. The fourth-order valence-corrected chi connectivity index (χ4v) is 5.17. The summed E-state index contributed by atoms with van der Waals surface area (Å²) in [6.45, 7) is 1.48. The summed E-state index contributed by atoms with van der Waals surface area (Å²) in [5.41, 5.74) is -0.612. The molecule has 1 aliphatic carbocycles. The van der Waals surface area contributed by atoms with E-state index in [-0.39, 0.29) is 16.3 Å². The molecule has 20 heavy (non-hydrogen) atoms. The van der Waals surface area contributed by atoms with E-state index in [1.54, 1.807) is 6.92 Å². The first kappa shape index (κ1) is 15.4. The van der Waals surface area contributed by atoms with Crippen LogP contribution in [0.15, 0.2) is 10.3 Å². The summed E-state index contributed by atoms with van der Waals surface area (Å²) < 4.78 is 26.9. The molecular weight excluding hydrogens is 302 g/mol. The predicted molar refractivity (Wildman–Crippen MR) is 74.6 cm³/mol. The number of aromatic carboxylic acids is 1. The van der Waals surface area contributed by atoms with Crippen LogP contribution in [0, 0.1) is 6.92 Å². The lowest BCUT2D eigenvalue weighted by atomic mass is 10.0. The van der Waals surface area contributed by atoms with Gasteiger partial charge >= 0.3 is 5.97 Å². The fraction of sp³-hybridized carbons (Fsp3) is 0.583. The van der Waals surface area contributed by atoms with E-state index >= 15 is 0 Å². The van der Waals surface area contributed by atoms with E-state index < -0.39 is 21.6 Å². The Morgan fingerprint density at radius 2 is 2.05 bits per heavy atom.